The van der Waals surface area contributed by atoms with E-state index < -0.39 is 36.6 Å². The van der Waals surface area contributed by atoms with Gasteiger partial charge in [-0.15, -0.1) is 0 Å². The van der Waals surface area contributed by atoms with Crippen LogP contribution in [0.5, 0.6) is 5.75 Å². The minimum atomic E-state index is -4.11. The fourth-order valence-electron chi connectivity index (χ4n) is 1.88. The normalized spacial score (nSPS) is 20.6. The van der Waals surface area contributed by atoms with Gasteiger partial charge in [0.1, 0.15) is 0 Å². The molecule has 21 heavy (non-hydrogen) atoms. The Morgan fingerprint density at radius 1 is 1.43 bits per heavy atom. The lowest BCUT2D eigenvalue weighted by atomic mass is 10.3. The Hall–Kier alpha value is -1.65. The fourth-order valence-corrected chi connectivity index (χ4v) is 4.45. The van der Waals surface area contributed by atoms with Crippen molar-refractivity contribution >= 4 is 25.5 Å². The highest BCUT2D eigenvalue weighted by Gasteiger charge is 2.27. The lowest BCUT2D eigenvalue weighted by Crippen LogP contribution is -2.35. The molecule has 1 heterocycles. The molecule has 0 spiro atoms. The maximum atomic E-state index is 13.7. The fraction of sp³-hybridized carbons (Fsp3) is 0.273. The number of hydrogen-bond donors (Lipinski definition) is 2. The van der Waals surface area contributed by atoms with E-state index in [-0.39, 0.29) is 17.2 Å². The summed E-state index contributed by atoms with van der Waals surface area (Å²) in [6.07, 6.45) is 1.22. The highest BCUT2D eigenvalue weighted by molar-refractivity contribution is 7.94. The van der Waals surface area contributed by atoms with Gasteiger partial charge < -0.3 is 10.5 Å². The molecule has 1 aliphatic heterocycles. The molecule has 0 aliphatic carbocycles. The Bertz CT molecular complexity index is 779. The molecular weight excluding hydrogens is 323 g/mol. The summed E-state index contributed by atoms with van der Waals surface area (Å²) in [5, 5.41) is 0.934. The van der Waals surface area contributed by atoms with Crippen molar-refractivity contribution in [1.29, 1.82) is 0 Å². The predicted molar refractivity (Wildman–Crippen MR) is 74.4 cm³/mol. The number of nitrogens with one attached hydrogen (secondary N) is 1. The lowest BCUT2D eigenvalue weighted by Gasteiger charge is -2.13. The molecule has 1 aliphatic rings. The number of sulfonamides is 1. The summed E-state index contributed by atoms with van der Waals surface area (Å²) in [7, 11) is -6.30. The molecule has 116 valence electrons. The van der Waals surface area contributed by atoms with Crippen LogP contribution in [0.15, 0.2) is 28.5 Å². The van der Waals surface area contributed by atoms with Gasteiger partial charge in [0.2, 0.25) is 10.0 Å². The summed E-state index contributed by atoms with van der Waals surface area (Å²) in [6, 6.07) is 0.897. The minimum Gasteiger partial charge on any atom is -0.492 e. The second-order valence-corrected chi connectivity index (χ2v) is 8.06. The minimum absolute atomic E-state index is 0.174. The number of nitrogen functional groups attached to an aromatic ring is 1. The van der Waals surface area contributed by atoms with Crippen LogP contribution in [0.25, 0.3) is 0 Å². The SMILES string of the molecule is COc1c(N)cc(S(=O)(=O)NC2C=CS(=O)(=O)C2)cc1F. The Kier molecular flexibility index (Phi) is 3.95. The van der Waals surface area contributed by atoms with E-state index >= 15 is 0 Å². The monoisotopic (exact) mass is 336 g/mol. The van der Waals surface area contributed by atoms with Crippen LogP contribution in [0.4, 0.5) is 10.1 Å². The molecule has 3 N–H and O–H groups in total. The third-order valence-corrected chi connectivity index (χ3v) is 5.66. The lowest BCUT2D eigenvalue weighted by molar-refractivity contribution is 0.388. The third-order valence-electron chi connectivity index (χ3n) is 2.80. The molecule has 0 radical (unpaired) electrons. The van der Waals surface area contributed by atoms with Crippen molar-refractivity contribution in [1.82, 2.24) is 4.72 Å². The number of nitrogens with two attached hydrogens (primary N) is 1. The Morgan fingerprint density at radius 3 is 2.57 bits per heavy atom. The molecular formula is C11H13FN2O5S2. The van der Waals surface area contributed by atoms with Gasteiger partial charge in [-0.25, -0.2) is 25.9 Å². The molecule has 1 unspecified atom stereocenters. The topological polar surface area (TPSA) is 116 Å². The first kappa shape index (κ1) is 15.7. The highest BCUT2D eigenvalue weighted by Crippen LogP contribution is 2.28. The van der Waals surface area contributed by atoms with Crippen LogP contribution in [-0.2, 0) is 19.9 Å². The number of methoxy groups -OCH3 is 1. The van der Waals surface area contributed by atoms with Crippen LogP contribution in [-0.4, -0.2) is 35.7 Å². The van der Waals surface area contributed by atoms with Crippen LogP contribution < -0.4 is 15.2 Å². The number of halogens is 1. The van der Waals surface area contributed by atoms with Crippen LogP contribution in [0.3, 0.4) is 0 Å². The largest absolute Gasteiger partial charge is 0.492 e. The Labute approximate surface area is 121 Å². The molecule has 0 saturated heterocycles. The first-order valence-electron chi connectivity index (χ1n) is 5.71. The van der Waals surface area contributed by atoms with Crippen molar-refractivity contribution in [2.45, 2.75) is 10.9 Å². The molecule has 10 heteroatoms. The van der Waals surface area contributed by atoms with Gasteiger partial charge in [-0.05, 0) is 12.1 Å². The van der Waals surface area contributed by atoms with Gasteiger partial charge in [-0.1, -0.05) is 6.08 Å². The van der Waals surface area contributed by atoms with Gasteiger partial charge in [0.15, 0.2) is 21.4 Å². The first-order chi connectivity index (χ1) is 9.64. The Balaban J connectivity index is 2.31. The second-order valence-electron chi connectivity index (χ2n) is 4.41. The molecule has 1 aromatic rings. The number of hydrogen-bond acceptors (Lipinski definition) is 6. The van der Waals surface area contributed by atoms with E-state index in [1.54, 1.807) is 0 Å². The zero-order valence-corrected chi connectivity index (χ0v) is 12.5. The van der Waals surface area contributed by atoms with Gasteiger partial charge in [0.05, 0.1) is 29.5 Å². The molecule has 0 saturated carbocycles. The van der Waals surface area contributed by atoms with Gasteiger partial charge >= 0.3 is 0 Å². The van der Waals surface area contributed by atoms with Crippen molar-refractivity contribution in [3.05, 3.63) is 29.4 Å². The zero-order valence-electron chi connectivity index (χ0n) is 10.9. The van der Waals surface area contributed by atoms with E-state index in [2.05, 4.69) is 4.72 Å². The molecule has 2 rings (SSSR count). The summed E-state index contributed by atoms with van der Waals surface area (Å²) < 4.78 is 67.2. The summed E-state index contributed by atoms with van der Waals surface area (Å²) in [4.78, 5) is -0.406. The smallest absolute Gasteiger partial charge is 0.241 e. The molecule has 1 atom stereocenters. The van der Waals surface area contributed by atoms with Crippen LogP contribution >= 0.6 is 0 Å². The summed E-state index contributed by atoms with van der Waals surface area (Å²) in [5.41, 5.74) is 5.34. The second kappa shape index (κ2) is 5.28. The standard InChI is InChI=1S/C11H13FN2O5S2/c1-19-11-9(12)4-8(5-10(11)13)21(17,18)14-7-2-3-20(15,16)6-7/h2-5,7,14H,6,13H2,1H3. The molecule has 0 bridgehead atoms. The number of benzene rings is 1. The van der Waals surface area contributed by atoms with E-state index in [9.17, 15) is 21.2 Å². The summed E-state index contributed by atoms with van der Waals surface area (Å²) in [5.74, 6) is -1.55. The molecule has 0 amide bonds. The average Bonchev–Trinajstić information content (AvgIpc) is 2.67. The highest BCUT2D eigenvalue weighted by atomic mass is 32.2. The number of anilines is 1. The maximum absolute atomic E-state index is 13.7. The Morgan fingerprint density at radius 2 is 2.10 bits per heavy atom. The molecule has 0 fully saturated rings. The quantitative estimate of drug-likeness (QED) is 0.748. The third kappa shape index (κ3) is 3.34. The summed E-state index contributed by atoms with van der Waals surface area (Å²) >= 11 is 0. The number of sulfone groups is 1. The van der Waals surface area contributed by atoms with Crippen LogP contribution in [0.2, 0.25) is 0 Å². The first-order valence-corrected chi connectivity index (χ1v) is 8.91. The van der Waals surface area contributed by atoms with E-state index in [4.69, 9.17) is 10.5 Å². The van der Waals surface area contributed by atoms with Crippen molar-refractivity contribution in [2.24, 2.45) is 0 Å². The average molecular weight is 336 g/mol. The molecule has 0 aromatic heterocycles. The molecule has 1 aromatic carbocycles. The predicted octanol–water partition coefficient (Wildman–Crippen LogP) is 0.00550. The van der Waals surface area contributed by atoms with Crippen LogP contribution in [0.1, 0.15) is 0 Å². The van der Waals surface area contributed by atoms with Gasteiger partial charge in [0.25, 0.3) is 0 Å². The maximum Gasteiger partial charge on any atom is 0.241 e. The zero-order chi connectivity index (χ0) is 15.8. The number of ether oxygens (including phenoxy) is 1. The van der Waals surface area contributed by atoms with E-state index in [1.807, 2.05) is 0 Å². The van der Waals surface area contributed by atoms with E-state index in [0.717, 1.165) is 17.5 Å². The molecule has 7 nitrogen and oxygen atoms in total. The van der Waals surface area contributed by atoms with E-state index in [1.165, 1.54) is 13.2 Å². The van der Waals surface area contributed by atoms with Gasteiger partial charge in [-0.3, -0.25) is 0 Å². The van der Waals surface area contributed by atoms with Gasteiger partial charge in [0, 0.05) is 5.41 Å². The van der Waals surface area contributed by atoms with Gasteiger partial charge in [-0.2, -0.15) is 0 Å². The summed E-state index contributed by atoms with van der Waals surface area (Å²) in [6.45, 7) is 0. The van der Waals surface area contributed by atoms with Crippen molar-refractivity contribution in [2.75, 3.05) is 18.6 Å². The van der Waals surface area contributed by atoms with Crippen LogP contribution in [0, 0.1) is 5.82 Å². The van der Waals surface area contributed by atoms with E-state index in [0.29, 0.717) is 0 Å². The van der Waals surface area contributed by atoms with Crippen molar-refractivity contribution in [3.8, 4) is 5.75 Å². The van der Waals surface area contributed by atoms with Crippen molar-refractivity contribution in [3.63, 3.8) is 0 Å². The number of rotatable bonds is 4. The van der Waals surface area contributed by atoms with Crippen molar-refractivity contribution < 1.29 is 26.0 Å².